The Labute approximate surface area is 106 Å². The molecule has 1 rings (SSSR count). The SMILES string of the molecule is COCC(Nc1cccnc1OC(C)C)C(=O)O. The first kappa shape index (κ1) is 14.2. The summed E-state index contributed by atoms with van der Waals surface area (Å²) in [6, 6.07) is 2.59. The number of pyridine rings is 1. The van der Waals surface area contributed by atoms with Gasteiger partial charge in [0.15, 0.2) is 0 Å². The molecule has 1 unspecified atom stereocenters. The van der Waals surface area contributed by atoms with Crippen LogP contribution in [0.2, 0.25) is 0 Å². The third-order valence-electron chi connectivity index (χ3n) is 2.08. The Morgan fingerprint density at radius 3 is 2.83 bits per heavy atom. The average Bonchev–Trinajstić information content (AvgIpc) is 2.30. The van der Waals surface area contributed by atoms with Gasteiger partial charge in [0.25, 0.3) is 0 Å². The molecule has 6 nitrogen and oxygen atoms in total. The minimum atomic E-state index is -0.990. The van der Waals surface area contributed by atoms with Crippen molar-refractivity contribution in [2.75, 3.05) is 19.0 Å². The zero-order chi connectivity index (χ0) is 13.5. The van der Waals surface area contributed by atoms with Crippen LogP contribution in [0, 0.1) is 0 Å². The lowest BCUT2D eigenvalue weighted by molar-refractivity contribution is -0.139. The predicted octanol–water partition coefficient (Wildman–Crippen LogP) is 1.38. The molecule has 100 valence electrons. The Morgan fingerprint density at radius 2 is 2.28 bits per heavy atom. The fourth-order valence-electron chi connectivity index (χ4n) is 1.35. The fraction of sp³-hybridized carbons (Fsp3) is 0.500. The first-order chi connectivity index (χ1) is 8.54. The predicted molar refractivity (Wildman–Crippen MR) is 66.9 cm³/mol. The average molecular weight is 254 g/mol. The number of carboxylic acid groups (broad SMARTS) is 1. The van der Waals surface area contributed by atoms with Crippen LogP contribution < -0.4 is 10.1 Å². The Morgan fingerprint density at radius 1 is 1.56 bits per heavy atom. The van der Waals surface area contributed by atoms with Gasteiger partial charge in [-0.05, 0) is 26.0 Å². The summed E-state index contributed by atoms with van der Waals surface area (Å²) < 4.78 is 10.4. The van der Waals surface area contributed by atoms with Gasteiger partial charge in [0.05, 0.1) is 18.4 Å². The van der Waals surface area contributed by atoms with Crippen molar-refractivity contribution >= 4 is 11.7 Å². The van der Waals surface area contributed by atoms with Crippen molar-refractivity contribution in [2.24, 2.45) is 0 Å². The van der Waals surface area contributed by atoms with Gasteiger partial charge in [0.1, 0.15) is 6.04 Å². The molecule has 0 aliphatic carbocycles. The number of methoxy groups -OCH3 is 1. The van der Waals surface area contributed by atoms with Crippen LogP contribution in [0.1, 0.15) is 13.8 Å². The highest BCUT2D eigenvalue weighted by molar-refractivity contribution is 5.78. The molecule has 0 amide bonds. The minimum absolute atomic E-state index is 0.0360. The Hall–Kier alpha value is -1.82. The van der Waals surface area contributed by atoms with Gasteiger partial charge in [-0.3, -0.25) is 0 Å². The van der Waals surface area contributed by atoms with Crippen LogP contribution in [-0.2, 0) is 9.53 Å². The highest BCUT2D eigenvalue weighted by Crippen LogP contribution is 2.22. The van der Waals surface area contributed by atoms with Crippen LogP contribution in [0.5, 0.6) is 5.88 Å². The highest BCUT2D eigenvalue weighted by atomic mass is 16.5. The second-order valence-corrected chi connectivity index (χ2v) is 4.01. The van der Waals surface area contributed by atoms with E-state index in [4.69, 9.17) is 14.6 Å². The number of nitrogens with one attached hydrogen (secondary N) is 1. The molecule has 0 aliphatic rings. The molecule has 18 heavy (non-hydrogen) atoms. The van der Waals surface area contributed by atoms with Gasteiger partial charge in [-0.15, -0.1) is 0 Å². The van der Waals surface area contributed by atoms with Crippen molar-refractivity contribution in [3.05, 3.63) is 18.3 Å². The second-order valence-electron chi connectivity index (χ2n) is 4.01. The molecule has 0 spiro atoms. The maximum atomic E-state index is 11.0. The van der Waals surface area contributed by atoms with Gasteiger partial charge in [0, 0.05) is 13.3 Å². The number of aliphatic carboxylic acids is 1. The number of nitrogens with zero attached hydrogens (tertiary/aromatic N) is 1. The number of carboxylic acids is 1. The number of anilines is 1. The molecule has 1 atom stereocenters. The summed E-state index contributed by atoms with van der Waals surface area (Å²) in [4.78, 5) is 15.1. The molecule has 0 bridgehead atoms. The van der Waals surface area contributed by atoms with E-state index in [-0.39, 0.29) is 12.7 Å². The van der Waals surface area contributed by atoms with E-state index in [0.29, 0.717) is 11.6 Å². The van der Waals surface area contributed by atoms with Crippen molar-refractivity contribution in [1.82, 2.24) is 4.98 Å². The van der Waals surface area contributed by atoms with E-state index in [1.165, 1.54) is 7.11 Å². The summed E-state index contributed by atoms with van der Waals surface area (Å²) >= 11 is 0. The van der Waals surface area contributed by atoms with E-state index in [2.05, 4.69) is 10.3 Å². The number of carbonyl (C=O) groups is 1. The number of ether oxygens (including phenoxy) is 2. The molecule has 0 radical (unpaired) electrons. The van der Waals surface area contributed by atoms with Crippen molar-refractivity contribution < 1.29 is 19.4 Å². The number of hydrogen-bond donors (Lipinski definition) is 2. The molecule has 1 aromatic heterocycles. The van der Waals surface area contributed by atoms with E-state index in [1.54, 1.807) is 18.3 Å². The van der Waals surface area contributed by atoms with Gasteiger partial charge in [-0.2, -0.15) is 0 Å². The van der Waals surface area contributed by atoms with E-state index in [1.807, 2.05) is 13.8 Å². The summed E-state index contributed by atoms with van der Waals surface area (Å²) in [6.45, 7) is 3.82. The van der Waals surface area contributed by atoms with Crippen molar-refractivity contribution in [1.29, 1.82) is 0 Å². The molecule has 0 saturated carbocycles. The van der Waals surface area contributed by atoms with Crippen molar-refractivity contribution in [3.63, 3.8) is 0 Å². The zero-order valence-corrected chi connectivity index (χ0v) is 10.7. The van der Waals surface area contributed by atoms with E-state index >= 15 is 0 Å². The maximum Gasteiger partial charge on any atom is 0.328 e. The first-order valence-corrected chi connectivity index (χ1v) is 5.64. The number of rotatable bonds is 7. The lowest BCUT2D eigenvalue weighted by Gasteiger charge is -2.18. The molecule has 1 aromatic rings. The van der Waals surface area contributed by atoms with Gasteiger partial charge in [-0.1, -0.05) is 0 Å². The largest absolute Gasteiger partial charge is 0.480 e. The lowest BCUT2D eigenvalue weighted by atomic mass is 10.3. The molecule has 2 N–H and O–H groups in total. The molecule has 0 saturated heterocycles. The van der Waals surface area contributed by atoms with Crippen LogP contribution in [-0.4, -0.2) is 41.9 Å². The first-order valence-electron chi connectivity index (χ1n) is 5.64. The Bertz CT molecular complexity index is 395. The van der Waals surface area contributed by atoms with Crippen molar-refractivity contribution in [3.8, 4) is 5.88 Å². The van der Waals surface area contributed by atoms with Gasteiger partial charge in [-0.25, -0.2) is 9.78 Å². The standard InChI is InChI=1S/C12H18N2O4/c1-8(2)18-11-9(5-4-6-13-11)14-10(7-17-3)12(15)16/h4-6,8,10,14H,7H2,1-3H3,(H,15,16). The summed E-state index contributed by atoms with van der Waals surface area (Å²) in [5.41, 5.74) is 0.538. The van der Waals surface area contributed by atoms with Crippen molar-refractivity contribution in [2.45, 2.75) is 26.0 Å². The molecule has 1 heterocycles. The number of hydrogen-bond acceptors (Lipinski definition) is 5. The molecule has 0 fully saturated rings. The Kier molecular flexibility index (Phi) is 5.38. The van der Waals surface area contributed by atoms with Crippen LogP contribution in [0.15, 0.2) is 18.3 Å². The third kappa shape index (κ3) is 4.21. The summed E-state index contributed by atoms with van der Waals surface area (Å²) in [5.74, 6) is -0.606. The van der Waals surface area contributed by atoms with E-state index in [0.717, 1.165) is 0 Å². The summed E-state index contributed by atoms with van der Waals surface area (Å²) in [6.07, 6.45) is 1.56. The van der Waals surface area contributed by atoms with Crippen LogP contribution in [0.25, 0.3) is 0 Å². The smallest absolute Gasteiger partial charge is 0.328 e. The molecule has 6 heteroatoms. The minimum Gasteiger partial charge on any atom is -0.480 e. The van der Waals surface area contributed by atoms with Crippen LogP contribution in [0.4, 0.5) is 5.69 Å². The highest BCUT2D eigenvalue weighted by Gasteiger charge is 2.19. The lowest BCUT2D eigenvalue weighted by Crippen LogP contribution is -2.33. The van der Waals surface area contributed by atoms with E-state index in [9.17, 15) is 4.79 Å². The summed E-state index contributed by atoms with van der Waals surface area (Å²) in [7, 11) is 1.45. The topological polar surface area (TPSA) is 80.7 Å². The molecular weight excluding hydrogens is 236 g/mol. The third-order valence-corrected chi connectivity index (χ3v) is 2.08. The molecule has 0 aliphatic heterocycles. The van der Waals surface area contributed by atoms with Crippen LogP contribution >= 0.6 is 0 Å². The molecule has 0 aromatic carbocycles. The van der Waals surface area contributed by atoms with Gasteiger partial charge >= 0.3 is 5.97 Å². The second kappa shape index (κ2) is 6.80. The maximum absolute atomic E-state index is 11.0. The van der Waals surface area contributed by atoms with Gasteiger partial charge in [0.2, 0.25) is 5.88 Å². The monoisotopic (exact) mass is 254 g/mol. The number of aromatic nitrogens is 1. The quantitative estimate of drug-likeness (QED) is 0.765. The zero-order valence-electron chi connectivity index (χ0n) is 10.7. The van der Waals surface area contributed by atoms with E-state index < -0.39 is 12.0 Å². The van der Waals surface area contributed by atoms with Crippen LogP contribution in [0.3, 0.4) is 0 Å². The Balaban J connectivity index is 2.84. The molecular formula is C12H18N2O4. The fourth-order valence-corrected chi connectivity index (χ4v) is 1.35. The normalized spacial score (nSPS) is 12.2. The van der Waals surface area contributed by atoms with Gasteiger partial charge < -0.3 is 19.9 Å². The summed E-state index contributed by atoms with van der Waals surface area (Å²) in [5, 5.41) is 11.9.